The number of nitrogens with zero attached hydrogens (tertiary/aromatic N) is 1. The van der Waals surface area contributed by atoms with Crippen molar-refractivity contribution in [2.75, 3.05) is 18.8 Å². The van der Waals surface area contributed by atoms with Gasteiger partial charge in [0.25, 0.3) is 0 Å². The molecule has 2 aliphatic rings. The fourth-order valence-electron chi connectivity index (χ4n) is 2.37. The number of hydrogen-bond acceptors (Lipinski definition) is 4. The standard InChI is InChI=1S/C10H18N2O3S/c1-10(2)7-16(14,15)12(9(10)13)6-8-4-3-5-11-8/h8,11H,3-7H2,1-2H3. The predicted octanol–water partition coefficient (Wildman–Crippen LogP) is -0.0634. The Morgan fingerprint density at radius 2 is 2.19 bits per heavy atom. The van der Waals surface area contributed by atoms with Gasteiger partial charge in [0.1, 0.15) is 0 Å². The van der Waals surface area contributed by atoms with E-state index in [1.165, 1.54) is 0 Å². The first-order valence-corrected chi connectivity index (χ1v) is 7.22. The monoisotopic (exact) mass is 246 g/mol. The summed E-state index contributed by atoms with van der Waals surface area (Å²) in [6, 6.07) is 0.132. The zero-order valence-electron chi connectivity index (χ0n) is 9.69. The molecule has 2 saturated heterocycles. The lowest BCUT2D eigenvalue weighted by Gasteiger charge is -2.20. The van der Waals surface area contributed by atoms with E-state index in [-0.39, 0.29) is 17.7 Å². The van der Waals surface area contributed by atoms with Crippen LogP contribution in [0.1, 0.15) is 26.7 Å². The number of hydrogen-bond donors (Lipinski definition) is 1. The van der Waals surface area contributed by atoms with Gasteiger partial charge in [-0.3, -0.25) is 4.79 Å². The van der Waals surface area contributed by atoms with Crippen molar-refractivity contribution in [3.05, 3.63) is 0 Å². The van der Waals surface area contributed by atoms with Gasteiger partial charge in [0.15, 0.2) is 0 Å². The fourth-order valence-corrected chi connectivity index (χ4v) is 4.47. The van der Waals surface area contributed by atoms with Gasteiger partial charge in [-0.2, -0.15) is 0 Å². The Balaban J connectivity index is 2.16. The van der Waals surface area contributed by atoms with Gasteiger partial charge < -0.3 is 5.32 Å². The Morgan fingerprint density at radius 1 is 1.50 bits per heavy atom. The molecule has 92 valence electrons. The summed E-state index contributed by atoms with van der Waals surface area (Å²) in [6.07, 6.45) is 2.00. The minimum Gasteiger partial charge on any atom is -0.312 e. The molecule has 16 heavy (non-hydrogen) atoms. The van der Waals surface area contributed by atoms with Crippen molar-refractivity contribution < 1.29 is 13.2 Å². The third-order valence-electron chi connectivity index (χ3n) is 3.23. The summed E-state index contributed by atoms with van der Waals surface area (Å²) in [7, 11) is -3.39. The average Bonchev–Trinajstić information content (AvgIpc) is 2.67. The molecule has 5 nitrogen and oxygen atoms in total. The first-order chi connectivity index (χ1) is 7.33. The highest BCUT2D eigenvalue weighted by Gasteiger charge is 2.49. The van der Waals surface area contributed by atoms with Crippen LogP contribution in [0.25, 0.3) is 0 Å². The van der Waals surface area contributed by atoms with E-state index in [0.717, 1.165) is 23.7 Å². The second-order valence-corrected chi connectivity index (χ2v) is 7.16. The molecule has 2 heterocycles. The van der Waals surface area contributed by atoms with E-state index in [1.54, 1.807) is 13.8 Å². The Labute approximate surface area is 96.2 Å². The zero-order chi connectivity index (χ0) is 12.0. The Morgan fingerprint density at radius 3 is 2.62 bits per heavy atom. The molecule has 2 aliphatic heterocycles. The molecule has 1 unspecified atom stereocenters. The van der Waals surface area contributed by atoms with Crippen LogP contribution in [0, 0.1) is 5.41 Å². The molecule has 0 saturated carbocycles. The lowest BCUT2D eigenvalue weighted by molar-refractivity contribution is -0.132. The SMILES string of the molecule is CC1(C)CS(=O)(=O)N(CC2CCCN2)C1=O. The summed E-state index contributed by atoms with van der Waals surface area (Å²) in [5.74, 6) is -0.327. The Kier molecular flexibility index (Phi) is 2.74. The van der Waals surface area contributed by atoms with Gasteiger partial charge >= 0.3 is 0 Å². The van der Waals surface area contributed by atoms with Crippen LogP contribution in [0.4, 0.5) is 0 Å². The van der Waals surface area contributed by atoms with Crippen LogP contribution in [0.2, 0.25) is 0 Å². The molecule has 2 rings (SSSR count). The van der Waals surface area contributed by atoms with Gasteiger partial charge in [0.05, 0.1) is 17.7 Å². The summed E-state index contributed by atoms with van der Waals surface area (Å²) in [5.41, 5.74) is -0.766. The first kappa shape index (κ1) is 11.9. The minimum absolute atomic E-state index is 0.0639. The molecule has 1 N–H and O–H groups in total. The van der Waals surface area contributed by atoms with Crippen molar-refractivity contribution in [3.63, 3.8) is 0 Å². The van der Waals surface area contributed by atoms with Crippen molar-refractivity contribution >= 4 is 15.9 Å². The normalized spacial score (nSPS) is 32.2. The van der Waals surface area contributed by atoms with Crippen molar-refractivity contribution in [3.8, 4) is 0 Å². The van der Waals surface area contributed by atoms with E-state index >= 15 is 0 Å². The average molecular weight is 246 g/mol. The maximum Gasteiger partial charge on any atom is 0.242 e. The van der Waals surface area contributed by atoms with Crippen molar-refractivity contribution in [2.45, 2.75) is 32.7 Å². The largest absolute Gasteiger partial charge is 0.312 e. The molecular weight excluding hydrogens is 228 g/mol. The van der Waals surface area contributed by atoms with Crippen molar-refractivity contribution in [1.29, 1.82) is 0 Å². The lowest BCUT2D eigenvalue weighted by Crippen LogP contribution is -2.41. The quantitative estimate of drug-likeness (QED) is 0.741. The summed E-state index contributed by atoms with van der Waals surface area (Å²) >= 11 is 0. The lowest BCUT2D eigenvalue weighted by atomic mass is 9.95. The first-order valence-electron chi connectivity index (χ1n) is 5.61. The third kappa shape index (κ3) is 1.96. The van der Waals surface area contributed by atoms with Crippen LogP contribution in [0.5, 0.6) is 0 Å². The van der Waals surface area contributed by atoms with Gasteiger partial charge in [-0.15, -0.1) is 0 Å². The molecule has 0 spiro atoms. The minimum atomic E-state index is -3.39. The van der Waals surface area contributed by atoms with E-state index in [9.17, 15) is 13.2 Å². The zero-order valence-corrected chi connectivity index (χ0v) is 10.5. The summed E-state index contributed by atoms with van der Waals surface area (Å²) in [6.45, 7) is 4.59. The predicted molar refractivity (Wildman–Crippen MR) is 60.3 cm³/mol. The van der Waals surface area contributed by atoms with E-state index in [1.807, 2.05) is 0 Å². The molecule has 2 fully saturated rings. The van der Waals surface area contributed by atoms with Crippen molar-refractivity contribution in [1.82, 2.24) is 9.62 Å². The van der Waals surface area contributed by atoms with Gasteiger partial charge in [0, 0.05) is 6.04 Å². The van der Waals surface area contributed by atoms with Crippen LogP contribution >= 0.6 is 0 Å². The van der Waals surface area contributed by atoms with Gasteiger partial charge in [-0.1, -0.05) is 0 Å². The molecule has 0 aromatic heterocycles. The van der Waals surface area contributed by atoms with Crippen LogP contribution in [-0.4, -0.2) is 43.5 Å². The summed E-state index contributed by atoms with van der Waals surface area (Å²) in [5, 5.41) is 3.21. The third-order valence-corrected chi connectivity index (χ3v) is 5.31. The number of rotatable bonds is 2. The highest BCUT2D eigenvalue weighted by molar-refractivity contribution is 7.90. The number of carbonyl (C=O) groups excluding carboxylic acids is 1. The summed E-state index contributed by atoms with van der Waals surface area (Å²) in [4.78, 5) is 11.9. The molecule has 0 bridgehead atoms. The number of amides is 1. The van der Waals surface area contributed by atoms with Gasteiger partial charge in [-0.05, 0) is 33.2 Å². The van der Waals surface area contributed by atoms with Crippen LogP contribution in [0.15, 0.2) is 0 Å². The molecule has 0 aliphatic carbocycles. The maximum absolute atomic E-state index is 11.9. The number of nitrogens with one attached hydrogen (secondary N) is 1. The topological polar surface area (TPSA) is 66.5 Å². The van der Waals surface area contributed by atoms with E-state index in [2.05, 4.69) is 5.32 Å². The smallest absolute Gasteiger partial charge is 0.242 e. The molecule has 0 aromatic carbocycles. The Hall–Kier alpha value is -0.620. The van der Waals surface area contributed by atoms with Gasteiger partial charge in [0.2, 0.25) is 15.9 Å². The molecule has 0 aromatic rings. The second kappa shape index (κ2) is 3.70. The molecule has 1 atom stereocenters. The molecule has 0 radical (unpaired) electrons. The van der Waals surface area contributed by atoms with E-state index < -0.39 is 15.4 Å². The van der Waals surface area contributed by atoms with Crippen LogP contribution < -0.4 is 5.32 Å². The van der Waals surface area contributed by atoms with Crippen molar-refractivity contribution in [2.24, 2.45) is 5.41 Å². The van der Waals surface area contributed by atoms with Crippen LogP contribution in [0.3, 0.4) is 0 Å². The van der Waals surface area contributed by atoms with Crippen LogP contribution in [-0.2, 0) is 14.8 Å². The molecule has 1 amide bonds. The summed E-state index contributed by atoms with van der Waals surface area (Å²) < 4.78 is 24.8. The fraction of sp³-hybridized carbons (Fsp3) is 0.900. The Bertz CT molecular complexity index is 396. The van der Waals surface area contributed by atoms with Gasteiger partial charge in [-0.25, -0.2) is 12.7 Å². The van der Waals surface area contributed by atoms with E-state index in [0.29, 0.717) is 6.54 Å². The second-order valence-electron chi connectivity index (χ2n) is 5.27. The molecule has 6 heteroatoms. The number of sulfonamides is 1. The maximum atomic E-state index is 11.9. The number of carbonyl (C=O) groups is 1. The highest BCUT2D eigenvalue weighted by Crippen LogP contribution is 2.32. The molecular formula is C10H18N2O3S. The highest BCUT2D eigenvalue weighted by atomic mass is 32.2. The van der Waals surface area contributed by atoms with E-state index in [4.69, 9.17) is 0 Å².